The van der Waals surface area contributed by atoms with Crippen molar-refractivity contribution < 1.29 is 9.47 Å². The maximum atomic E-state index is 5.61. The summed E-state index contributed by atoms with van der Waals surface area (Å²) in [4.78, 5) is 8.15. The summed E-state index contributed by atoms with van der Waals surface area (Å²) in [5.74, 6) is 1.65. The van der Waals surface area contributed by atoms with E-state index >= 15 is 0 Å². The molecule has 0 spiro atoms. The third-order valence-electron chi connectivity index (χ3n) is 2.73. The Labute approximate surface area is 95.2 Å². The molecule has 88 valence electrons. The highest BCUT2D eigenvalue weighted by atomic mass is 16.5. The molecule has 1 fully saturated rings. The van der Waals surface area contributed by atoms with Crippen molar-refractivity contribution in [2.75, 3.05) is 26.8 Å². The largest absolute Gasteiger partial charge is 0.480 e. The molecule has 0 saturated carbocycles. The van der Waals surface area contributed by atoms with Crippen molar-refractivity contribution in [1.82, 2.24) is 15.3 Å². The molecule has 1 aromatic heterocycles. The van der Waals surface area contributed by atoms with E-state index in [0.717, 1.165) is 25.9 Å². The highest BCUT2D eigenvalue weighted by Gasteiger charge is 2.13. The second kappa shape index (κ2) is 5.65. The van der Waals surface area contributed by atoms with Gasteiger partial charge in [-0.1, -0.05) is 0 Å². The van der Waals surface area contributed by atoms with E-state index in [9.17, 15) is 0 Å². The van der Waals surface area contributed by atoms with Gasteiger partial charge in [0.05, 0.1) is 26.1 Å². The van der Waals surface area contributed by atoms with Crippen LogP contribution >= 0.6 is 0 Å². The number of hydrogen-bond donors (Lipinski definition) is 1. The van der Waals surface area contributed by atoms with Crippen LogP contribution in [-0.4, -0.2) is 36.8 Å². The Morgan fingerprint density at radius 2 is 2.06 bits per heavy atom. The smallest absolute Gasteiger partial charge is 0.235 e. The Morgan fingerprint density at radius 3 is 2.81 bits per heavy atom. The Morgan fingerprint density at radius 1 is 1.31 bits per heavy atom. The minimum absolute atomic E-state index is 0.489. The number of aromatic nitrogens is 2. The van der Waals surface area contributed by atoms with Crippen LogP contribution < -0.4 is 14.8 Å². The number of nitrogens with one attached hydrogen (secondary N) is 1. The van der Waals surface area contributed by atoms with Gasteiger partial charge in [0.25, 0.3) is 0 Å². The van der Waals surface area contributed by atoms with Gasteiger partial charge in [-0.05, 0) is 31.8 Å². The van der Waals surface area contributed by atoms with Crippen molar-refractivity contribution >= 4 is 0 Å². The first-order chi connectivity index (χ1) is 7.88. The van der Waals surface area contributed by atoms with E-state index in [1.54, 1.807) is 19.5 Å². The lowest BCUT2D eigenvalue weighted by atomic mass is 9.99. The fourth-order valence-corrected chi connectivity index (χ4v) is 1.75. The van der Waals surface area contributed by atoms with E-state index in [2.05, 4.69) is 15.3 Å². The molecule has 0 bridgehead atoms. The van der Waals surface area contributed by atoms with E-state index < -0.39 is 0 Å². The fraction of sp³-hybridized carbons (Fsp3) is 0.636. The van der Waals surface area contributed by atoms with Crippen LogP contribution in [0.1, 0.15) is 12.8 Å². The fourth-order valence-electron chi connectivity index (χ4n) is 1.75. The number of methoxy groups -OCH3 is 1. The summed E-state index contributed by atoms with van der Waals surface area (Å²) >= 11 is 0. The molecule has 1 aliphatic rings. The molecule has 0 amide bonds. The zero-order valence-corrected chi connectivity index (χ0v) is 9.48. The number of rotatable bonds is 4. The van der Waals surface area contributed by atoms with Crippen molar-refractivity contribution in [3.05, 3.63) is 12.4 Å². The molecule has 1 aromatic rings. The van der Waals surface area contributed by atoms with Crippen LogP contribution in [0.25, 0.3) is 0 Å². The van der Waals surface area contributed by atoms with Crippen LogP contribution in [0.15, 0.2) is 12.4 Å². The SMILES string of the molecule is COc1cncc(OCC2CCNCC2)n1. The van der Waals surface area contributed by atoms with E-state index in [-0.39, 0.29) is 0 Å². The first-order valence-corrected chi connectivity index (χ1v) is 5.58. The molecule has 5 heteroatoms. The molecule has 0 radical (unpaired) electrons. The maximum Gasteiger partial charge on any atom is 0.235 e. The van der Waals surface area contributed by atoms with Crippen LogP contribution in [0.2, 0.25) is 0 Å². The third-order valence-corrected chi connectivity index (χ3v) is 2.73. The summed E-state index contributed by atoms with van der Waals surface area (Å²) in [5.41, 5.74) is 0. The Bertz CT molecular complexity index is 327. The monoisotopic (exact) mass is 223 g/mol. The minimum atomic E-state index is 0.489. The second-order valence-corrected chi connectivity index (χ2v) is 3.90. The molecule has 1 saturated heterocycles. The van der Waals surface area contributed by atoms with Gasteiger partial charge in [0.1, 0.15) is 0 Å². The van der Waals surface area contributed by atoms with Gasteiger partial charge in [0.2, 0.25) is 11.8 Å². The molecule has 0 aromatic carbocycles. The minimum Gasteiger partial charge on any atom is -0.480 e. The van der Waals surface area contributed by atoms with Crippen LogP contribution in [0.3, 0.4) is 0 Å². The normalized spacial score (nSPS) is 17.1. The second-order valence-electron chi connectivity index (χ2n) is 3.90. The standard InChI is InChI=1S/C11H17N3O2/c1-15-10-6-13-7-11(14-10)16-8-9-2-4-12-5-3-9/h6-7,9,12H,2-5,8H2,1H3. The van der Waals surface area contributed by atoms with Gasteiger partial charge in [-0.15, -0.1) is 0 Å². The molecule has 1 aliphatic heterocycles. The zero-order valence-electron chi connectivity index (χ0n) is 9.48. The van der Waals surface area contributed by atoms with Crippen molar-refractivity contribution in [3.8, 4) is 11.8 Å². The molecule has 2 rings (SSSR count). The van der Waals surface area contributed by atoms with Crippen LogP contribution in [-0.2, 0) is 0 Å². The summed E-state index contributed by atoms with van der Waals surface area (Å²) in [6.07, 6.45) is 5.51. The Hall–Kier alpha value is -1.36. The average Bonchev–Trinajstić information content (AvgIpc) is 2.38. The first kappa shape index (κ1) is 11.1. The average molecular weight is 223 g/mol. The van der Waals surface area contributed by atoms with Crippen molar-refractivity contribution in [1.29, 1.82) is 0 Å². The first-order valence-electron chi connectivity index (χ1n) is 5.58. The van der Waals surface area contributed by atoms with Gasteiger partial charge in [0.15, 0.2) is 0 Å². The highest BCUT2D eigenvalue weighted by Crippen LogP contribution is 2.15. The van der Waals surface area contributed by atoms with Crippen molar-refractivity contribution in [2.45, 2.75) is 12.8 Å². The number of nitrogens with zero attached hydrogens (tertiary/aromatic N) is 2. The van der Waals surface area contributed by atoms with E-state index in [0.29, 0.717) is 24.3 Å². The lowest BCUT2D eigenvalue weighted by molar-refractivity contribution is 0.206. The molecular formula is C11H17N3O2. The van der Waals surface area contributed by atoms with Crippen molar-refractivity contribution in [2.24, 2.45) is 5.92 Å². The van der Waals surface area contributed by atoms with Gasteiger partial charge in [-0.3, -0.25) is 4.98 Å². The summed E-state index contributed by atoms with van der Waals surface area (Å²) in [7, 11) is 1.57. The van der Waals surface area contributed by atoms with Gasteiger partial charge in [0, 0.05) is 0 Å². The van der Waals surface area contributed by atoms with Crippen molar-refractivity contribution in [3.63, 3.8) is 0 Å². The van der Waals surface area contributed by atoms with E-state index in [1.807, 2.05) is 0 Å². The predicted octanol–water partition coefficient (Wildman–Crippen LogP) is 0.864. The number of piperidine rings is 1. The quantitative estimate of drug-likeness (QED) is 0.820. The Balaban J connectivity index is 1.83. The van der Waals surface area contributed by atoms with Gasteiger partial charge >= 0.3 is 0 Å². The zero-order chi connectivity index (χ0) is 11.2. The molecule has 0 unspecified atom stereocenters. The van der Waals surface area contributed by atoms with E-state index in [4.69, 9.17) is 9.47 Å². The number of ether oxygens (including phenoxy) is 2. The summed E-state index contributed by atoms with van der Waals surface area (Å²) in [6.45, 7) is 2.87. The Kier molecular flexibility index (Phi) is 3.93. The predicted molar refractivity (Wildman–Crippen MR) is 59.7 cm³/mol. The molecule has 16 heavy (non-hydrogen) atoms. The molecule has 5 nitrogen and oxygen atoms in total. The molecule has 0 atom stereocenters. The van der Waals surface area contributed by atoms with Gasteiger partial charge in [-0.2, -0.15) is 4.98 Å². The molecule has 1 N–H and O–H groups in total. The molecule has 0 aliphatic carbocycles. The summed E-state index contributed by atoms with van der Waals surface area (Å²) < 4.78 is 10.6. The number of hydrogen-bond acceptors (Lipinski definition) is 5. The molecular weight excluding hydrogens is 206 g/mol. The van der Waals surface area contributed by atoms with E-state index in [1.165, 1.54) is 0 Å². The van der Waals surface area contributed by atoms with Gasteiger partial charge < -0.3 is 14.8 Å². The summed E-state index contributed by atoms with van der Waals surface area (Å²) in [6, 6.07) is 0. The highest BCUT2D eigenvalue weighted by molar-refractivity contribution is 5.12. The van der Waals surface area contributed by atoms with Crippen LogP contribution in [0.5, 0.6) is 11.8 Å². The maximum absolute atomic E-state index is 5.61. The van der Waals surface area contributed by atoms with Crippen LogP contribution in [0.4, 0.5) is 0 Å². The lowest BCUT2D eigenvalue weighted by Crippen LogP contribution is -2.30. The van der Waals surface area contributed by atoms with Crippen LogP contribution in [0, 0.1) is 5.92 Å². The molecule has 2 heterocycles. The van der Waals surface area contributed by atoms with Gasteiger partial charge in [-0.25, -0.2) is 0 Å². The summed E-state index contributed by atoms with van der Waals surface area (Å²) in [5, 5.41) is 3.33. The lowest BCUT2D eigenvalue weighted by Gasteiger charge is -2.22. The topological polar surface area (TPSA) is 56.3 Å². The third kappa shape index (κ3) is 3.06.